The van der Waals surface area contributed by atoms with E-state index in [-0.39, 0.29) is 25.1 Å². The molecule has 2 aromatic carbocycles. The molecule has 4 heterocycles. The minimum Gasteiger partial charge on any atom is -0.459 e. The number of carbonyl (C=O) groups excluding carboxylic acids is 1. The van der Waals surface area contributed by atoms with Crippen molar-refractivity contribution in [3.63, 3.8) is 0 Å². The number of likely N-dealkylation sites (tertiary alicyclic amines) is 1. The molecule has 220 valence electrons. The third-order valence-electron chi connectivity index (χ3n) is 8.04. The van der Waals surface area contributed by atoms with Gasteiger partial charge in [0.15, 0.2) is 5.65 Å². The van der Waals surface area contributed by atoms with E-state index in [9.17, 15) is 20.1 Å². The summed E-state index contributed by atoms with van der Waals surface area (Å²) < 4.78 is 11.3. The first-order chi connectivity index (χ1) is 20.2. The monoisotopic (exact) mass is 592 g/mol. The predicted molar refractivity (Wildman–Crippen MR) is 157 cm³/mol. The van der Waals surface area contributed by atoms with E-state index in [1.54, 1.807) is 11.0 Å². The number of nitrogens with one attached hydrogen (secondary N) is 1. The Labute approximate surface area is 247 Å². The molecule has 4 aromatic rings. The Morgan fingerprint density at radius 1 is 1.10 bits per heavy atom. The number of ether oxygens (including phenoxy) is 2. The Morgan fingerprint density at radius 2 is 1.74 bits per heavy atom. The van der Waals surface area contributed by atoms with Crippen LogP contribution in [0.25, 0.3) is 33.5 Å². The Kier molecular flexibility index (Phi) is 7.91. The van der Waals surface area contributed by atoms with E-state index in [4.69, 9.17) is 21.1 Å². The molecule has 6 rings (SSSR count). The first-order valence-electron chi connectivity index (χ1n) is 14.0. The summed E-state index contributed by atoms with van der Waals surface area (Å²) in [6.45, 7) is 2.90. The first kappa shape index (κ1) is 28.6. The maximum Gasteiger partial charge on any atom is 0.296 e. The third kappa shape index (κ3) is 5.99. The second-order valence-electron chi connectivity index (χ2n) is 11.3. The Hall–Kier alpha value is -3.54. The van der Waals surface area contributed by atoms with Gasteiger partial charge in [-0.15, -0.1) is 0 Å². The van der Waals surface area contributed by atoms with E-state index < -0.39 is 23.9 Å². The van der Waals surface area contributed by atoms with Crippen molar-refractivity contribution in [1.82, 2.24) is 19.9 Å². The molecular weight excluding hydrogens is 560 g/mol. The number of hydrogen-bond acceptors (Lipinski definition) is 8. The van der Waals surface area contributed by atoms with Crippen molar-refractivity contribution in [2.75, 3.05) is 26.3 Å². The molecule has 2 aliphatic rings. The van der Waals surface area contributed by atoms with Gasteiger partial charge in [-0.1, -0.05) is 48.0 Å². The number of aliphatic hydroxyl groups is 3. The minimum absolute atomic E-state index is 0.0181. The van der Waals surface area contributed by atoms with E-state index >= 15 is 0 Å². The lowest BCUT2D eigenvalue weighted by molar-refractivity contribution is -0.131. The van der Waals surface area contributed by atoms with Gasteiger partial charge in [-0.25, -0.2) is 4.98 Å². The maximum absolute atomic E-state index is 12.9. The second-order valence-corrected chi connectivity index (χ2v) is 11.7. The number of aromatic nitrogens is 3. The molecule has 0 saturated carbocycles. The Morgan fingerprint density at radius 3 is 2.38 bits per heavy atom. The van der Waals surface area contributed by atoms with Crippen LogP contribution in [0.15, 0.2) is 54.6 Å². The lowest BCUT2D eigenvalue weighted by atomic mass is 9.93. The maximum atomic E-state index is 12.9. The number of fused-ring (bicyclic) bond motifs is 1. The molecule has 3 atom stereocenters. The van der Waals surface area contributed by atoms with E-state index in [1.807, 2.05) is 55.5 Å². The summed E-state index contributed by atoms with van der Waals surface area (Å²) in [6, 6.07) is 17.4. The van der Waals surface area contributed by atoms with Crippen LogP contribution in [0, 0.1) is 0 Å². The van der Waals surface area contributed by atoms with Crippen LogP contribution >= 0.6 is 11.6 Å². The number of halogens is 1. The second kappa shape index (κ2) is 11.6. The van der Waals surface area contributed by atoms with Gasteiger partial charge in [0, 0.05) is 30.6 Å². The molecule has 4 N–H and O–H groups in total. The number of rotatable bonds is 6. The average molecular weight is 593 g/mol. The lowest BCUT2D eigenvalue weighted by Crippen LogP contribution is -2.45. The summed E-state index contributed by atoms with van der Waals surface area (Å²) in [6.07, 6.45) is -0.367. The van der Waals surface area contributed by atoms with Crippen LogP contribution < -0.4 is 4.74 Å². The van der Waals surface area contributed by atoms with Crippen LogP contribution in [0.4, 0.5) is 0 Å². The van der Waals surface area contributed by atoms with Crippen molar-refractivity contribution < 1.29 is 29.6 Å². The van der Waals surface area contributed by atoms with Gasteiger partial charge in [0.05, 0.1) is 41.2 Å². The standard InChI is InChI=1S/C31H33ClN4O6/c1-31(40)10-12-36(13-11-31)29(39)21-8-4-19(5-9-21)18-2-6-20(7-3-18)27-23(32)15-24-28(34-27)35-30(33-24)42-22-14-25(38)26(16-37)41-17-22/h2-9,15,22,25-26,37-38,40H,10-14,16-17H2,1H3,(H,33,34,35)/t22-,25+,26-/m1/s1. The number of aliphatic hydroxyl groups excluding tert-OH is 2. The quantitative estimate of drug-likeness (QED) is 0.265. The van der Waals surface area contributed by atoms with Crippen molar-refractivity contribution in [1.29, 1.82) is 0 Å². The largest absolute Gasteiger partial charge is 0.459 e. The van der Waals surface area contributed by atoms with Crippen LogP contribution in [0.2, 0.25) is 5.02 Å². The smallest absolute Gasteiger partial charge is 0.296 e. The molecule has 11 heteroatoms. The molecule has 10 nitrogen and oxygen atoms in total. The van der Waals surface area contributed by atoms with Crippen LogP contribution in [-0.2, 0) is 4.74 Å². The van der Waals surface area contributed by atoms with Crippen LogP contribution in [-0.4, -0.2) is 91.3 Å². The number of hydrogen-bond donors (Lipinski definition) is 4. The zero-order valence-corrected chi connectivity index (χ0v) is 23.9. The molecule has 0 radical (unpaired) electrons. The fourth-order valence-electron chi connectivity index (χ4n) is 5.40. The summed E-state index contributed by atoms with van der Waals surface area (Å²) >= 11 is 6.60. The number of H-pyrrole nitrogens is 1. The van der Waals surface area contributed by atoms with E-state index in [1.165, 1.54) is 0 Å². The van der Waals surface area contributed by atoms with Crippen LogP contribution in [0.5, 0.6) is 6.01 Å². The summed E-state index contributed by atoms with van der Waals surface area (Å²) in [5, 5.41) is 30.0. The molecule has 2 fully saturated rings. The highest BCUT2D eigenvalue weighted by Crippen LogP contribution is 2.32. The number of imidazole rings is 1. The summed E-state index contributed by atoms with van der Waals surface area (Å²) in [5.74, 6) is -0.0181. The molecule has 0 bridgehead atoms. The predicted octanol–water partition coefficient (Wildman–Crippen LogP) is 3.82. The average Bonchev–Trinajstić information content (AvgIpc) is 3.37. The topological polar surface area (TPSA) is 141 Å². The van der Waals surface area contributed by atoms with Crippen LogP contribution in [0.1, 0.15) is 36.5 Å². The minimum atomic E-state index is -0.820. The van der Waals surface area contributed by atoms with Crippen molar-refractivity contribution >= 4 is 28.7 Å². The summed E-state index contributed by atoms with van der Waals surface area (Å²) in [5.41, 5.74) is 4.35. The van der Waals surface area contributed by atoms with Gasteiger partial charge in [-0.3, -0.25) is 4.79 Å². The van der Waals surface area contributed by atoms with Gasteiger partial charge in [0.25, 0.3) is 11.9 Å². The number of aromatic amines is 1. The van der Waals surface area contributed by atoms with E-state index in [0.717, 1.165) is 16.7 Å². The molecular formula is C31H33ClN4O6. The highest BCUT2D eigenvalue weighted by atomic mass is 35.5. The molecule has 2 saturated heterocycles. The lowest BCUT2D eigenvalue weighted by Gasteiger charge is -2.35. The molecule has 0 unspecified atom stereocenters. The Balaban J connectivity index is 1.14. The van der Waals surface area contributed by atoms with Gasteiger partial charge in [0.2, 0.25) is 0 Å². The molecule has 0 aliphatic carbocycles. The van der Waals surface area contributed by atoms with Gasteiger partial charge in [0.1, 0.15) is 12.2 Å². The van der Waals surface area contributed by atoms with Crippen molar-refractivity contribution in [3.8, 4) is 28.4 Å². The fourth-order valence-corrected chi connectivity index (χ4v) is 5.66. The van der Waals surface area contributed by atoms with Crippen molar-refractivity contribution in [2.24, 2.45) is 0 Å². The molecule has 42 heavy (non-hydrogen) atoms. The zero-order valence-electron chi connectivity index (χ0n) is 23.2. The number of piperidine rings is 1. The highest BCUT2D eigenvalue weighted by molar-refractivity contribution is 6.33. The third-order valence-corrected chi connectivity index (χ3v) is 8.33. The summed E-state index contributed by atoms with van der Waals surface area (Å²) in [7, 11) is 0. The van der Waals surface area contributed by atoms with E-state index in [0.29, 0.717) is 59.8 Å². The first-order valence-corrected chi connectivity index (χ1v) is 14.4. The highest BCUT2D eigenvalue weighted by Gasteiger charge is 2.32. The zero-order chi connectivity index (χ0) is 29.4. The van der Waals surface area contributed by atoms with Crippen molar-refractivity contribution in [3.05, 3.63) is 65.2 Å². The SMILES string of the molecule is CC1(O)CCN(C(=O)c2ccc(-c3ccc(-c4nc5nc(O[C@H]6CO[C@H](CO)[C@@H](O)C6)[nH]c5cc4Cl)cc3)cc2)CC1. The molecule has 2 aliphatic heterocycles. The normalized spacial score (nSPS) is 22.3. The van der Waals surface area contributed by atoms with Gasteiger partial charge in [-0.2, -0.15) is 4.98 Å². The van der Waals surface area contributed by atoms with E-state index in [2.05, 4.69) is 15.0 Å². The molecule has 2 aromatic heterocycles. The number of benzene rings is 2. The van der Waals surface area contributed by atoms with Crippen molar-refractivity contribution in [2.45, 2.75) is 50.1 Å². The van der Waals surface area contributed by atoms with Crippen LogP contribution in [0.3, 0.4) is 0 Å². The number of pyridine rings is 1. The number of nitrogens with zero attached hydrogens (tertiary/aromatic N) is 3. The number of carbonyl (C=O) groups is 1. The fraction of sp³-hybridized carbons (Fsp3) is 0.387. The van der Waals surface area contributed by atoms with Gasteiger partial charge in [-0.05, 0) is 49.1 Å². The van der Waals surface area contributed by atoms with Gasteiger partial charge >= 0.3 is 0 Å². The summed E-state index contributed by atoms with van der Waals surface area (Å²) in [4.78, 5) is 26.9. The molecule has 1 amide bonds. The Bertz CT molecular complexity index is 1560. The molecule has 0 spiro atoms. The van der Waals surface area contributed by atoms with Gasteiger partial charge < -0.3 is 34.7 Å². The number of amides is 1.